The van der Waals surface area contributed by atoms with Gasteiger partial charge in [0.15, 0.2) is 17.3 Å². The summed E-state index contributed by atoms with van der Waals surface area (Å²) in [5.74, 6) is 1.89. The van der Waals surface area contributed by atoms with E-state index >= 15 is 0 Å². The van der Waals surface area contributed by atoms with Crippen molar-refractivity contribution < 1.29 is 14.3 Å². The van der Waals surface area contributed by atoms with Crippen LogP contribution in [0.4, 0.5) is 0 Å². The van der Waals surface area contributed by atoms with Crippen LogP contribution in [0.2, 0.25) is 0 Å². The SMILES string of the molecule is COc1cc2c(cc1OC)[C@@H](NC(=O)c1cccc(-n3nnnc3C)c1)CC2. The van der Waals surface area contributed by atoms with Gasteiger partial charge in [-0.3, -0.25) is 4.79 Å². The van der Waals surface area contributed by atoms with Gasteiger partial charge >= 0.3 is 0 Å². The second kappa shape index (κ2) is 7.30. The van der Waals surface area contributed by atoms with Crippen molar-refractivity contribution >= 4 is 5.91 Å². The summed E-state index contributed by atoms with van der Waals surface area (Å²) >= 11 is 0. The first-order valence-corrected chi connectivity index (χ1v) is 9.01. The van der Waals surface area contributed by atoms with Crippen LogP contribution < -0.4 is 14.8 Å². The number of methoxy groups -OCH3 is 2. The van der Waals surface area contributed by atoms with Crippen LogP contribution in [0.1, 0.15) is 39.8 Å². The van der Waals surface area contributed by atoms with E-state index in [0.29, 0.717) is 22.9 Å². The predicted octanol–water partition coefficient (Wildman–Crippen LogP) is 2.41. The molecule has 1 aromatic heterocycles. The number of aryl methyl sites for hydroxylation is 2. The van der Waals surface area contributed by atoms with E-state index in [0.717, 1.165) is 24.1 Å². The van der Waals surface area contributed by atoms with Gasteiger partial charge in [0.2, 0.25) is 0 Å². The van der Waals surface area contributed by atoms with E-state index < -0.39 is 0 Å². The molecule has 1 atom stereocenters. The van der Waals surface area contributed by atoms with Crippen LogP contribution in [-0.2, 0) is 6.42 Å². The van der Waals surface area contributed by atoms with Crippen LogP contribution in [0, 0.1) is 6.92 Å². The Morgan fingerprint density at radius 1 is 1.18 bits per heavy atom. The lowest BCUT2D eigenvalue weighted by Gasteiger charge is -2.16. The van der Waals surface area contributed by atoms with Crippen LogP contribution in [0.3, 0.4) is 0 Å². The summed E-state index contributed by atoms with van der Waals surface area (Å²) in [5.41, 5.74) is 3.54. The van der Waals surface area contributed by atoms with Crippen molar-refractivity contribution in [3.8, 4) is 17.2 Å². The van der Waals surface area contributed by atoms with Crippen molar-refractivity contribution in [3.63, 3.8) is 0 Å². The van der Waals surface area contributed by atoms with Gasteiger partial charge in [-0.15, -0.1) is 5.10 Å². The number of aromatic nitrogens is 4. The van der Waals surface area contributed by atoms with Crippen molar-refractivity contribution in [2.75, 3.05) is 14.2 Å². The maximum absolute atomic E-state index is 12.9. The Bertz CT molecular complexity index is 1030. The van der Waals surface area contributed by atoms with Gasteiger partial charge in [-0.2, -0.15) is 4.68 Å². The maximum atomic E-state index is 12.9. The van der Waals surface area contributed by atoms with Crippen LogP contribution >= 0.6 is 0 Å². The standard InChI is InChI=1S/C20H21N5O3/c1-12-22-23-24-25(12)15-6-4-5-14(9-15)20(26)21-17-8-7-13-10-18(27-2)19(28-3)11-16(13)17/h4-6,9-11,17H,7-8H2,1-3H3,(H,21,26)/t17-/m0/s1. The molecule has 0 bridgehead atoms. The third kappa shape index (κ3) is 3.17. The van der Waals surface area contributed by atoms with E-state index in [9.17, 15) is 4.79 Å². The third-order valence-corrected chi connectivity index (χ3v) is 5.01. The second-order valence-corrected chi connectivity index (χ2v) is 6.66. The number of fused-ring (bicyclic) bond motifs is 1. The molecule has 0 aliphatic heterocycles. The molecule has 0 fully saturated rings. The normalized spacial score (nSPS) is 15.2. The van der Waals surface area contributed by atoms with E-state index in [1.165, 1.54) is 5.56 Å². The minimum absolute atomic E-state index is 0.0688. The van der Waals surface area contributed by atoms with Gasteiger partial charge < -0.3 is 14.8 Å². The third-order valence-electron chi connectivity index (χ3n) is 5.01. The fraction of sp³-hybridized carbons (Fsp3) is 0.300. The van der Waals surface area contributed by atoms with Crippen molar-refractivity contribution in [2.24, 2.45) is 0 Å². The van der Waals surface area contributed by atoms with Gasteiger partial charge in [-0.05, 0) is 71.7 Å². The Morgan fingerprint density at radius 3 is 2.68 bits per heavy atom. The first-order valence-electron chi connectivity index (χ1n) is 9.01. The molecule has 144 valence electrons. The van der Waals surface area contributed by atoms with E-state index in [2.05, 4.69) is 20.8 Å². The molecule has 1 aliphatic carbocycles. The molecule has 2 aromatic carbocycles. The van der Waals surface area contributed by atoms with Gasteiger partial charge in [0, 0.05) is 5.56 Å². The Morgan fingerprint density at radius 2 is 1.96 bits per heavy atom. The lowest BCUT2D eigenvalue weighted by Crippen LogP contribution is -2.27. The number of hydrogen-bond donors (Lipinski definition) is 1. The summed E-state index contributed by atoms with van der Waals surface area (Å²) in [7, 11) is 3.23. The molecule has 0 saturated heterocycles. The van der Waals surface area contributed by atoms with Crippen LogP contribution in [0.5, 0.6) is 11.5 Å². The summed E-state index contributed by atoms with van der Waals surface area (Å²) in [4.78, 5) is 12.9. The molecule has 1 N–H and O–H groups in total. The number of nitrogens with one attached hydrogen (secondary N) is 1. The van der Waals surface area contributed by atoms with Crippen LogP contribution in [-0.4, -0.2) is 40.3 Å². The highest BCUT2D eigenvalue weighted by molar-refractivity contribution is 5.95. The Balaban J connectivity index is 1.57. The molecule has 0 radical (unpaired) electrons. The molecule has 3 aromatic rings. The van der Waals surface area contributed by atoms with Gasteiger partial charge in [0.25, 0.3) is 5.91 Å². The highest BCUT2D eigenvalue weighted by atomic mass is 16.5. The number of nitrogens with zero attached hydrogens (tertiary/aromatic N) is 4. The average molecular weight is 379 g/mol. The summed E-state index contributed by atoms with van der Waals surface area (Å²) in [6, 6.07) is 11.1. The van der Waals surface area contributed by atoms with Crippen molar-refractivity contribution in [1.29, 1.82) is 0 Å². The highest BCUT2D eigenvalue weighted by Crippen LogP contribution is 2.39. The number of ether oxygens (including phenoxy) is 2. The zero-order valence-electron chi connectivity index (χ0n) is 16.0. The summed E-state index contributed by atoms with van der Waals surface area (Å²) in [6.45, 7) is 1.81. The molecule has 0 spiro atoms. The van der Waals surface area contributed by atoms with Gasteiger partial charge in [-0.25, -0.2) is 0 Å². The van der Waals surface area contributed by atoms with Gasteiger partial charge in [-0.1, -0.05) is 6.07 Å². The maximum Gasteiger partial charge on any atom is 0.251 e. The molecule has 4 rings (SSSR count). The van der Waals surface area contributed by atoms with Gasteiger partial charge in [0.1, 0.15) is 0 Å². The monoisotopic (exact) mass is 379 g/mol. The highest BCUT2D eigenvalue weighted by Gasteiger charge is 2.26. The minimum atomic E-state index is -0.139. The zero-order valence-corrected chi connectivity index (χ0v) is 16.0. The lowest BCUT2D eigenvalue weighted by molar-refractivity contribution is 0.0936. The quantitative estimate of drug-likeness (QED) is 0.732. The summed E-state index contributed by atoms with van der Waals surface area (Å²) in [6.07, 6.45) is 1.72. The number of carbonyl (C=O) groups is 1. The number of rotatable bonds is 5. The molecule has 8 nitrogen and oxygen atoms in total. The predicted molar refractivity (Wildman–Crippen MR) is 102 cm³/mol. The zero-order chi connectivity index (χ0) is 19.7. The van der Waals surface area contributed by atoms with E-state index in [1.54, 1.807) is 31.0 Å². The van der Waals surface area contributed by atoms with Crippen LogP contribution in [0.25, 0.3) is 5.69 Å². The fourth-order valence-corrected chi connectivity index (χ4v) is 3.57. The van der Waals surface area contributed by atoms with Crippen LogP contribution in [0.15, 0.2) is 36.4 Å². The van der Waals surface area contributed by atoms with Gasteiger partial charge in [0.05, 0.1) is 25.9 Å². The number of carbonyl (C=O) groups excluding carboxylic acids is 1. The van der Waals surface area contributed by atoms with E-state index in [4.69, 9.17) is 9.47 Å². The number of amides is 1. The largest absolute Gasteiger partial charge is 0.493 e. The first kappa shape index (κ1) is 18.0. The molecule has 28 heavy (non-hydrogen) atoms. The smallest absolute Gasteiger partial charge is 0.251 e. The van der Waals surface area contributed by atoms with Crippen molar-refractivity contribution in [1.82, 2.24) is 25.5 Å². The van der Waals surface area contributed by atoms with E-state index in [-0.39, 0.29) is 11.9 Å². The molecule has 1 aliphatic rings. The molecule has 0 saturated carbocycles. The van der Waals surface area contributed by atoms with Crippen molar-refractivity contribution in [2.45, 2.75) is 25.8 Å². The summed E-state index contributed by atoms with van der Waals surface area (Å²) in [5, 5.41) is 14.6. The molecule has 1 heterocycles. The first-order chi connectivity index (χ1) is 13.6. The summed E-state index contributed by atoms with van der Waals surface area (Å²) < 4.78 is 12.4. The lowest BCUT2D eigenvalue weighted by atomic mass is 10.1. The second-order valence-electron chi connectivity index (χ2n) is 6.66. The van der Waals surface area contributed by atoms with E-state index in [1.807, 2.05) is 31.2 Å². The topological polar surface area (TPSA) is 91.2 Å². The molecule has 0 unspecified atom stereocenters. The number of tetrazole rings is 1. The molecular weight excluding hydrogens is 358 g/mol. The molecular formula is C20H21N5O3. The van der Waals surface area contributed by atoms with Crippen molar-refractivity contribution in [3.05, 3.63) is 58.9 Å². The molecule has 8 heteroatoms. The minimum Gasteiger partial charge on any atom is -0.493 e. The fourth-order valence-electron chi connectivity index (χ4n) is 3.57. The number of hydrogen-bond acceptors (Lipinski definition) is 6. The Hall–Kier alpha value is -3.42. The Kier molecular flexibility index (Phi) is 4.68. The Labute approximate surface area is 162 Å². The molecule has 1 amide bonds. The number of benzene rings is 2. The average Bonchev–Trinajstić information content (AvgIpc) is 3.32.